The summed E-state index contributed by atoms with van der Waals surface area (Å²) in [6.45, 7) is 7.77. The predicted molar refractivity (Wildman–Crippen MR) is 82.1 cm³/mol. The van der Waals surface area contributed by atoms with Crippen molar-refractivity contribution < 1.29 is 9.90 Å². The molecule has 2 nitrogen and oxygen atoms in total. The first-order valence-corrected chi connectivity index (χ1v) is 7.06. The quantitative estimate of drug-likeness (QED) is 0.811. The summed E-state index contributed by atoms with van der Waals surface area (Å²) >= 11 is 6.21. The van der Waals surface area contributed by atoms with Crippen molar-refractivity contribution in [3.63, 3.8) is 0 Å². The summed E-state index contributed by atoms with van der Waals surface area (Å²) in [5, 5.41) is 10.9. The molecule has 2 rings (SSSR count). The Hall–Kier alpha value is -1.54. The van der Waals surface area contributed by atoms with E-state index in [-0.39, 0.29) is 22.9 Å². The Morgan fingerprint density at radius 3 is 2.55 bits per heavy atom. The van der Waals surface area contributed by atoms with Crippen LogP contribution in [0.2, 0.25) is 5.02 Å². The van der Waals surface area contributed by atoms with Gasteiger partial charge in [0.15, 0.2) is 5.78 Å². The molecule has 106 valence electrons. The van der Waals surface area contributed by atoms with Gasteiger partial charge in [-0.25, -0.2) is 0 Å². The number of hydrogen-bond donors (Lipinski definition) is 1. The lowest BCUT2D eigenvalue weighted by Crippen LogP contribution is -2.28. The van der Waals surface area contributed by atoms with Crippen molar-refractivity contribution in [1.29, 1.82) is 0 Å². The highest BCUT2D eigenvalue weighted by Gasteiger charge is 2.36. The molecule has 0 radical (unpaired) electrons. The highest BCUT2D eigenvalue weighted by Crippen LogP contribution is 2.42. The third-order valence-corrected chi connectivity index (χ3v) is 4.03. The number of halogens is 1. The zero-order chi connectivity index (χ0) is 14.9. The van der Waals surface area contributed by atoms with Gasteiger partial charge in [-0.15, -0.1) is 6.58 Å². The van der Waals surface area contributed by atoms with Gasteiger partial charge < -0.3 is 5.11 Å². The number of Topliss-reactive ketones (excluding diaryl/α,β-unsaturated/α-hetero) is 1. The second-order valence-electron chi connectivity index (χ2n) is 6.04. The van der Waals surface area contributed by atoms with E-state index in [1.54, 1.807) is 12.1 Å². The molecule has 0 heterocycles. The van der Waals surface area contributed by atoms with Gasteiger partial charge in [-0.05, 0) is 17.0 Å². The molecule has 0 aromatic heterocycles. The second kappa shape index (κ2) is 5.45. The first-order chi connectivity index (χ1) is 9.35. The summed E-state index contributed by atoms with van der Waals surface area (Å²) in [5.74, 6) is -0.216. The maximum Gasteiger partial charge on any atom is 0.163 e. The van der Waals surface area contributed by atoms with Gasteiger partial charge in [-0.3, -0.25) is 4.79 Å². The summed E-state index contributed by atoms with van der Waals surface area (Å²) in [6, 6.07) is 7.35. The molecule has 0 aliphatic heterocycles. The number of rotatable bonds is 3. The highest BCUT2D eigenvalue weighted by molar-refractivity contribution is 6.31. The predicted octanol–water partition coefficient (Wildman–Crippen LogP) is 4.81. The summed E-state index contributed by atoms with van der Waals surface area (Å²) in [5.41, 5.74) is 1.04. The molecule has 1 aliphatic carbocycles. The van der Waals surface area contributed by atoms with Crippen LogP contribution >= 0.6 is 11.6 Å². The fraction of sp³-hybridized carbons (Fsp3) is 0.353. The number of aliphatic hydroxyl groups excluding tert-OH is 1. The van der Waals surface area contributed by atoms with Gasteiger partial charge in [0.05, 0.1) is 0 Å². The van der Waals surface area contributed by atoms with Crippen LogP contribution in [-0.4, -0.2) is 10.9 Å². The van der Waals surface area contributed by atoms with Crippen molar-refractivity contribution in [3.05, 3.63) is 58.8 Å². The molecule has 0 amide bonds. The minimum absolute atomic E-state index is 0.0245. The van der Waals surface area contributed by atoms with Crippen LogP contribution in [0.25, 0.3) is 0 Å². The molecule has 0 bridgehead atoms. The Kier molecular flexibility index (Phi) is 4.05. The molecule has 0 saturated heterocycles. The van der Waals surface area contributed by atoms with E-state index in [0.717, 1.165) is 5.56 Å². The average Bonchev–Trinajstić information content (AvgIpc) is 2.33. The van der Waals surface area contributed by atoms with E-state index < -0.39 is 0 Å². The van der Waals surface area contributed by atoms with Crippen molar-refractivity contribution in [3.8, 4) is 0 Å². The van der Waals surface area contributed by atoms with Crippen LogP contribution in [-0.2, 0) is 4.79 Å². The molecule has 1 aromatic rings. The van der Waals surface area contributed by atoms with E-state index >= 15 is 0 Å². The number of carbonyl (C=O) groups is 1. The maximum atomic E-state index is 12.4. The van der Waals surface area contributed by atoms with Crippen molar-refractivity contribution in [1.82, 2.24) is 0 Å². The first-order valence-electron chi connectivity index (χ1n) is 6.68. The van der Waals surface area contributed by atoms with E-state index in [1.165, 1.54) is 0 Å². The SMILES string of the molecule is C=CC(C1=C(O)CC(C)(C)CC1=O)c1ccccc1Cl. The summed E-state index contributed by atoms with van der Waals surface area (Å²) < 4.78 is 0. The van der Waals surface area contributed by atoms with E-state index in [4.69, 9.17) is 11.6 Å². The summed E-state index contributed by atoms with van der Waals surface area (Å²) in [7, 11) is 0. The van der Waals surface area contributed by atoms with Crippen LogP contribution in [0.1, 0.15) is 38.2 Å². The van der Waals surface area contributed by atoms with Crippen LogP contribution in [0.3, 0.4) is 0 Å². The largest absolute Gasteiger partial charge is 0.512 e. The molecule has 1 aromatic carbocycles. The number of hydrogen-bond acceptors (Lipinski definition) is 2. The van der Waals surface area contributed by atoms with E-state index in [1.807, 2.05) is 32.0 Å². The maximum absolute atomic E-state index is 12.4. The third-order valence-electron chi connectivity index (χ3n) is 3.68. The van der Waals surface area contributed by atoms with E-state index in [0.29, 0.717) is 23.4 Å². The van der Waals surface area contributed by atoms with Gasteiger partial charge in [0.2, 0.25) is 0 Å². The lowest BCUT2D eigenvalue weighted by molar-refractivity contribution is -0.118. The normalized spacial score (nSPS) is 19.9. The zero-order valence-electron chi connectivity index (χ0n) is 11.8. The van der Waals surface area contributed by atoms with Gasteiger partial charge in [0.25, 0.3) is 0 Å². The van der Waals surface area contributed by atoms with Crippen LogP contribution in [0.5, 0.6) is 0 Å². The minimum Gasteiger partial charge on any atom is -0.512 e. The molecule has 1 N–H and O–H groups in total. The Labute approximate surface area is 124 Å². The third kappa shape index (κ3) is 2.80. The van der Waals surface area contributed by atoms with Crippen molar-refractivity contribution >= 4 is 17.4 Å². The van der Waals surface area contributed by atoms with Crippen LogP contribution < -0.4 is 0 Å². The molecule has 1 atom stereocenters. The summed E-state index contributed by atoms with van der Waals surface area (Å²) in [4.78, 5) is 12.4. The van der Waals surface area contributed by atoms with Gasteiger partial charge in [0, 0.05) is 29.4 Å². The number of carbonyl (C=O) groups excluding carboxylic acids is 1. The molecular formula is C17H19ClO2. The standard InChI is InChI=1S/C17H19ClO2/c1-4-11(12-7-5-6-8-13(12)18)16-14(19)9-17(2,3)10-15(16)20/h4-8,11,19H,1,9-10H2,2-3H3. The number of allylic oxidation sites excluding steroid dienone is 3. The molecule has 0 spiro atoms. The fourth-order valence-electron chi connectivity index (χ4n) is 2.78. The van der Waals surface area contributed by atoms with Crippen molar-refractivity contribution in [2.45, 2.75) is 32.6 Å². The fourth-order valence-corrected chi connectivity index (χ4v) is 3.04. The van der Waals surface area contributed by atoms with Crippen molar-refractivity contribution in [2.24, 2.45) is 5.41 Å². The first kappa shape index (κ1) is 14.9. The number of ketones is 1. The Balaban J connectivity index is 2.50. The van der Waals surface area contributed by atoms with E-state index in [2.05, 4.69) is 6.58 Å². The van der Waals surface area contributed by atoms with Gasteiger partial charge in [-0.1, -0.05) is 49.7 Å². The average molecular weight is 291 g/mol. The topological polar surface area (TPSA) is 37.3 Å². The molecular weight excluding hydrogens is 272 g/mol. The Morgan fingerprint density at radius 1 is 1.35 bits per heavy atom. The molecule has 0 saturated carbocycles. The monoisotopic (exact) mass is 290 g/mol. The molecule has 3 heteroatoms. The van der Waals surface area contributed by atoms with Crippen molar-refractivity contribution in [2.75, 3.05) is 0 Å². The lowest BCUT2D eigenvalue weighted by atomic mass is 9.72. The molecule has 1 aliphatic rings. The van der Waals surface area contributed by atoms with Crippen LogP contribution in [0.15, 0.2) is 48.3 Å². The lowest BCUT2D eigenvalue weighted by Gasteiger charge is -2.32. The van der Waals surface area contributed by atoms with E-state index in [9.17, 15) is 9.90 Å². The van der Waals surface area contributed by atoms with Crippen LogP contribution in [0, 0.1) is 5.41 Å². The second-order valence-corrected chi connectivity index (χ2v) is 6.44. The van der Waals surface area contributed by atoms with Gasteiger partial charge in [-0.2, -0.15) is 0 Å². The zero-order valence-corrected chi connectivity index (χ0v) is 12.6. The Bertz CT molecular complexity index is 584. The Morgan fingerprint density at radius 2 is 2.00 bits per heavy atom. The molecule has 20 heavy (non-hydrogen) atoms. The minimum atomic E-state index is -0.354. The molecule has 0 fully saturated rings. The number of aliphatic hydroxyl groups is 1. The smallest absolute Gasteiger partial charge is 0.163 e. The molecule has 1 unspecified atom stereocenters. The van der Waals surface area contributed by atoms with Gasteiger partial charge in [0.1, 0.15) is 5.76 Å². The summed E-state index contributed by atoms with van der Waals surface area (Å²) in [6.07, 6.45) is 2.60. The van der Waals surface area contributed by atoms with Crippen LogP contribution in [0.4, 0.5) is 0 Å². The van der Waals surface area contributed by atoms with Gasteiger partial charge >= 0.3 is 0 Å². The highest BCUT2D eigenvalue weighted by atomic mass is 35.5. The number of benzene rings is 1.